The van der Waals surface area contributed by atoms with E-state index in [1.165, 1.54) is 6.07 Å². The van der Waals surface area contributed by atoms with Crippen molar-refractivity contribution in [3.8, 4) is 5.75 Å². The standard InChI is InChI=1S/C16H15ClO3/c1-16(19,13-5-3-2-4-6-13)11-20-15-8-7-12(10-18)9-14(15)17/h2-10,19H,11H2,1H3. The second-order valence-electron chi connectivity index (χ2n) is 4.74. The van der Waals surface area contributed by atoms with Crippen LogP contribution in [0, 0.1) is 0 Å². The fourth-order valence-corrected chi connectivity index (χ4v) is 2.05. The van der Waals surface area contributed by atoms with Crippen LogP contribution in [0.3, 0.4) is 0 Å². The molecule has 2 rings (SSSR count). The van der Waals surface area contributed by atoms with Gasteiger partial charge in [0.15, 0.2) is 0 Å². The highest BCUT2D eigenvalue weighted by Crippen LogP contribution is 2.28. The molecule has 0 saturated heterocycles. The summed E-state index contributed by atoms with van der Waals surface area (Å²) in [4.78, 5) is 10.6. The van der Waals surface area contributed by atoms with E-state index in [0.29, 0.717) is 16.3 Å². The highest BCUT2D eigenvalue weighted by atomic mass is 35.5. The molecule has 3 nitrogen and oxygen atoms in total. The van der Waals surface area contributed by atoms with Crippen LogP contribution in [0.4, 0.5) is 0 Å². The molecule has 0 bridgehead atoms. The summed E-state index contributed by atoms with van der Waals surface area (Å²) in [6, 6.07) is 14.0. The topological polar surface area (TPSA) is 46.5 Å². The first kappa shape index (κ1) is 14.6. The lowest BCUT2D eigenvalue weighted by Gasteiger charge is -2.24. The predicted molar refractivity (Wildman–Crippen MR) is 78.3 cm³/mol. The SMILES string of the molecule is CC(O)(COc1ccc(C=O)cc1Cl)c1ccccc1. The molecule has 0 radical (unpaired) electrons. The molecule has 0 aromatic heterocycles. The van der Waals surface area contributed by atoms with Crippen molar-refractivity contribution in [2.45, 2.75) is 12.5 Å². The van der Waals surface area contributed by atoms with E-state index in [1.807, 2.05) is 30.3 Å². The van der Waals surface area contributed by atoms with Gasteiger partial charge in [-0.3, -0.25) is 4.79 Å². The quantitative estimate of drug-likeness (QED) is 0.858. The molecule has 4 heteroatoms. The van der Waals surface area contributed by atoms with Gasteiger partial charge < -0.3 is 9.84 Å². The van der Waals surface area contributed by atoms with Crippen LogP contribution in [0.25, 0.3) is 0 Å². The largest absolute Gasteiger partial charge is 0.489 e. The summed E-state index contributed by atoms with van der Waals surface area (Å²) in [6.07, 6.45) is 0.718. The van der Waals surface area contributed by atoms with Gasteiger partial charge in [-0.05, 0) is 30.7 Å². The molecule has 104 valence electrons. The lowest BCUT2D eigenvalue weighted by atomic mass is 9.97. The van der Waals surface area contributed by atoms with Crippen LogP contribution in [-0.4, -0.2) is 18.0 Å². The summed E-state index contributed by atoms with van der Waals surface area (Å²) >= 11 is 6.02. The van der Waals surface area contributed by atoms with Gasteiger partial charge in [0, 0.05) is 5.56 Å². The number of aliphatic hydroxyl groups is 1. The number of hydrogen-bond acceptors (Lipinski definition) is 3. The zero-order valence-electron chi connectivity index (χ0n) is 11.0. The molecule has 1 unspecified atom stereocenters. The Bertz CT molecular complexity index is 594. The van der Waals surface area contributed by atoms with Gasteiger partial charge in [0.2, 0.25) is 0 Å². The number of rotatable bonds is 5. The maximum absolute atomic E-state index is 10.6. The van der Waals surface area contributed by atoms with Gasteiger partial charge >= 0.3 is 0 Å². The Morgan fingerprint density at radius 1 is 1.25 bits per heavy atom. The van der Waals surface area contributed by atoms with Crippen molar-refractivity contribution in [2.24, 2.45) is 0 Å². The number of carbonyl (C=O) groups is 1. The Kier molecular flexibility index (Phi) is 4.42. The third kappa shape index (κ3) is 3.38. The molecule has 0 fully saturated rings. The van der Waals surface area contributed by atoms with E-state index in [9.17, 15) is 9.90 Å². The molecule has 20 heavy (non-hydrogen) atoms. The average Bonchev–Trinajstić information content (AvgIpc) is 2.47. The van der Waals surface area contributed by atoms with E-state index in [2.05, 4.69) is 0 Å². The molecule has 0 amide bonds. The van der Waals surface area contributed by atoms with Crippen molar-refractivity contribution in [3.63, 3.8) is 0 Å². The van der Waals surface area contributed by atoms with Crippen molar-refractivity contribution in [1.82, 2.24) is 0 Å². The highest BCUT2D eigenvalue weighted by Gasteiger charge is 2.24. The van der Waals surface area contributed by atoms with Crippen molar-refractivity contribution in [3.05, 3.63) is 64.7 Å². The van der Waals surface area contributed by atoms with Crippen molar-refractivity contribution < 1.29 is 14.6 Å². The Balaban J connectivity index is 2.10. The van der Waals surface area contributed by atoms with Gasteiger partial charge in [-0.15, -0.1) is 0 Å². The fourth-order valence-electron chi connectivity index (χ4n) is 1.81. The summed E-state index contributed by atoms with van der Waals surface area (Å²) in [5, 5.41) is 10.8. The van der Waals surface area contributed by atoms with Gasteiger partial charge in [0.1, 0.15) is 24.2 Å². The lowest BCUT2D eigenvalue weighted by Crippen LogP contribution is -2.29. The number of ether oxygens (including phenoxy) is 1. The molecule has 0 aliphatic rings. The number of aldehydes is 1. The van der Waals surface area contributed by atoms with Gasteiger partial charge in [-0.1, -0.05) is 41.9 Å². The van der Waals surface area contributed by atoms with Gasteiger partial charge in [0.25, 0.3) is 0 Å². The van der Waals surface area contributed by atoms with Crippen LogP contribution < -0.4 is 4.74 Å². The molecule has 0 aliphatic carbocycles. The van der Waals surface area contributed by atoms with Crippen LogP contribution in [-0.2, 0) is 5.60 Å². The molecule has 0 heterocycles. The van der Waals surface area contributed by atoms with Gasteiger partial charge in [-0.25, -0.2) is 0 Å². The summed E-state index contributed by atoms with van der Waals surface area (Å²) in [7, 11) is 0. The minimum Gasteiger partial charge on any atom is -0.489 e. The molecule has 0 aliphatic heterocycles. The monoisotopic (exact) mass is 290 g/mol. The minimum atomic E-state index is -1.12. The Hall–Kier alpha value is -1.84. The molecular formula is C16H15ClO3. The summed E-state index contributed by atoms with van der Waals surface area (Å²) in [6.45, 7) is 1.74. The van der Waals surface area contributed by atoms with Crippen molar-refractivity contribution in [1.29, 1.82) is 0 Å². The van der Waals surface area contributed by atoms with Crippen LogP contribution in [0.5, 0.6) is 5.75 Å². The Morgan fingerprint density at radius 3 is 2.55 bits per heavy atom. The summed E-state index contributed by atoms with van der Waals surface area (Å²) < 4.78 is 5.56. The Labute approximate surface area is 122 Å². The van der Waals surface area contributed by atoms with E-state index < -0.39 is 5.60 Å². The van der Waals surface area contributed by atoms with E-state index in [0.717, 1.165) is 11.8 Å². The highest BCUT2D eigenvalue weighted by molar-refractivity contribution is 6.32. The van der Waals surface area contributed by atoms with E-state index >= 15 is 0 Å². The summed E-state index contributed by atoms with van der Waals surface area (Å²) in [5.74, 6) is 0.438. The first-order chi connectivity index (χ1) is 9.53. The number of benzene rings is 2. The smallest absolute Gasteiger partial charge is 0.150 e. The maximum atomic E-state index is 10.6. The first-order valence-electron chi connectivity index (χ1n) is 6.18. The molecule has 1 atom stereocenters. The molecule has 0 spiro atoms. The van der Waals surface area contributed by atoms with Crippen LogP contribution in [0.1, 0.15) is 22.8 Å². The zero-order valence-corrected chi connectivity index (χ0v) is 11.8. The van der Waals surface area contributed by atoms with Crippen molar-refractivity contribution in [2.75, 3.05) is 6.61 Å². The molecule has 2 aromatic rings. The predicted octanol–water partition coefficient (Wildman–Crippen LogP) is 3.44. The third-order valence-corrected chi connectivity index (χ3v) is 3.29. The number of hydrogen-bond donors (Lipinski definition) is 1. The Morgan fingerprint density at radius 2 is 1.95 bits per heavy atom. The molecule has 1 N–H and O–H groups in total. The molecule has 0 saturated carbocycles. The third-order valence-electron chi connectivity index (χ3n) is 3.00. The average molecular weight is 291 g/mol. The van der Waals surface area contributed by atoms with E-state index in [1.54, 1.807) is 19.1 Å². The van der Waals surface area contributed by atoms with Crippen LogP contribution in [0.15, 0.2) is 48.5 Å². The number of halogens is 1. The normalized spacial score (nSPS) is 13.6. The minimum absolute atomic E-state index is 0.0666. The van der Waals surface area contributed by atoms with Gasteiger partial charge in [-0.2, -0.15) is 0 Å². The zero-order chi connectivity index (χ0) is 14.6. The fraction of sp³-hybridized carbons (Fsp3) is 0.188. The first-order valence-corrected chi connectivity index (χ1v) is 6.56. The van der Waals surface area contributed by atoms with Crippen LogP contribution >= 0.6 is 11.6 Å². The number of carbonyl (C=O) groups excluding carboxylic acids is 1. The van der Waals surface area contributed by atoms with Crippen LogP contribution in [0.2, 0.25) is 5.02 Å². The molecular weight excluding hydrogens is 276 g/mol. The van der Waals surface area contributed by atoms with E-state index in [-0.39, 0.29) is 6.61 Å². The second-order valence-corrected chi connectivity index (χ2v) is 5.14. The van der Waals surface area contributed by atoms with Crippen molar-refractivity contribution >= 4 is 17.9 Å². The van der Waals surface area contributed by atoms with E-state index in [4.69, 9.17) is 16.3 Å². The van der Waals surface area contributed by atoms with Gasteiger partial charge in [0.05, 0.1) is 5.02 Å². The lowest BCUT2D eigenvalue weighted by molar-refractivity contribution is 0.00763. The second kappa shape index (κ2) is 6.07. The summed E-state index contributed by atoms with van der Waals surface area (Å²) in [5.41, 5.74) is 0.131. The maximum Gasteiger partial charge on any atom is 0.150 e. The molecule has 2 aromatic carbocycles.